The number of amides is 1. The number of thiazole rings is 1. The highest BCUT2D eigenvalue weighted by Crippen LogP contribution is 2.24. The second-order valence-corrected chi connectivity index (χ2v) is 7.52. The third-order valence-electron chi connectivity index (χ3n) is 4.77. The number of methoxy groups -OCH3 is 1. The van der Waals surface area contributed by atoms with Gasteiger partial charge in [-0.25, -0.2) is 0 Å². The zero-order chi connectivity index (χ0) is 20.2. The highest BCUT2D eigenvalue weighted by Gasteiger charge is 2.12. The maximum Gasteiger partial charge on any atom is 0.280 e. The minimum absolute atomic E-state index is 0.245. The number of nitrogens with zero attached hydrogens (tertiary/aromatic N) is 2. The van der Waals surface area contributed by atoms with Gasteiger partial charge >= 0.3 is 0 Å². The van der Waals surface area contributed by atoms with Crippen LogP contribution in [-0.2, 0) is 11.3 Å². The molecule has 6 heteroatoms. The molecule has 0 N–H and O–H groups in total. The molecule has 0 aliphatic carbocycles. The Hall–Kier alpha value is -2.96. The van der Waals surface area contributed by atoms with E-state index in [1.165, 1.54) is 11.3 Å². The first-order chi connectivity index (χ1) is 14.2. The van der Waals surface area contributed by atoms with Crippen LogP contribution in [0.2, 0.25) is 0 Å². The Morgan fingerprint density at radius 1 is 1.10 bits per heavy atom. The molecule has 0 radical (unpaired) electrons. The lowest BCUT2D eigenvalue weighted by Gasteiger charge is -2.06. The molecular weight excluding hydrogens is 384 g/mol. The van der Waals surface area contributed by atoms with Crippen molar-refractivity contribution in [2.24, 2.45) is 4.99 Å². The lowest BCUT2D eigenvalue weighted by atomic mass is 10.0. The fraction of sp³-hybridized carbons (Fsp3) is 0.217. The Bertz CT molecular complexity index is 1230. The molecule has 5 nitrogen and oxygen atoms in total. The van der Waals surface area contributed by atoms with E-state index in [9.17, 15) is 4.79 Å². The number of carbonyl (C=O) groups excluding carboxylic acids is 1. The van der Waals surface area contributed by atoms with Gasteiger partial charge in [-0.05, 0) is 42.0 Å². The molecule has 1 amide bonds. The molecule has 1 aromatic heterocycles. The zero-order valence-electron chi connectivity index (χ0n) is 16.4. The number of aromatic nitrogens is 1. The molecule has 3 aromatic carbocycles. The van der Waals surface area contributed by atoms with E-state index in [1.54, 1.807) is 7.11 Å². The predicted octanol–water partition coefficient (Wildman–Crippen LogP) is 4.64. The molecule has 0 saturated heterocycles. The minimum atomic E-state index is -0.245. The number of carbonyl (C=O) groups is 1. The van der Waals surface area contributed by atoms with E-state index in [0.717, 1.165) is 26.7 Å². The standard InChI is InChI=1S/C23H22N2O3S/c1-3-28-14-13-25-20-12-11-17(27-2)15-21(20)29-23(25)24-22(26)19-10-6-8-16-7-4-5-9-18(16)19/h4-12,15H,3,13-14H2,1-2H3. The minimum Gasteiger partial charge on any atom is -0.497 e. The summed E-state index contributed by atoms with van der Waals surface area (Å²) in [5.41, 5.74) is 1.62. The van der Waals surface area contributed by atoms with Gasteiger partial charge in [0, 0.05) is 18.7 Å². The Morgan fingerprint density at radius 2 is 1.93 bits per heavy atom. The number of hydrogen-bond acceptors (Lipinski definition) is 4. The summed E-state index contributed by atoms with van der Waals surface area (Å²) in [6.07, 6.45) is 0. The second kappa shape index (κ2) is 8.59. The summed E-state index contributed by atoms with van der Waals surface area (Å²) in [7, 11) is 1.65. The van der Waals surface area contributed by atoms with Crippen LogP contribution in [0.15, 0.2) is 65.7 Å². The quantitative estimate of drug-likeness (QED) is 0.438. The van der Waals surface area contributed by atoms with E-state index >= 15 is 0 Å². The Morgan fingerprint density at radius 3 is 2.76 bits per heavy atom. The van der Waals surface area contributed by atoms with Crippen molar-refractivity contribution in [3.8, 4) is 5.75 Å². The molecule has 0 atom stereocenters. The smallest absolute Gasteiger partial charge is 0.280 e. The zero-order valence-corrected chi connectivity index (χ0v) is 17.2. The highest BCUT2D eigenvalue weighted by molar-refractivity contribution is 7.16. The van der Waals surface area contributed by atoms with Crippen LogP contribution in [0.4, 0.5) is 0 Å². The highest BCUT2D eigenvalue weighted by atomic mass is 32.1. The first-order valence-corrected chi connectivity index (χ1v) is 10.3. The largest absolute Gasteiger partial charge is 0.497 e. The molecule has 29 heavy (non-hydrogen) atoms. The summed E-state index contributed by atoms with van der Waals surface area (Å²) < 4.78 is 13.9. The third-order valence-corrected chi connectivity index (χ3v) is 5.81. The number of ether oxygens (including phenoxy) is 2. The third kappa shape index (κ3) is 3.95. The van der Waals surface area contributed by atoms with Gasteiger partial charge in [-0.2, -0.15) is 4.99 Å². The van der Waals surface area contributed by atoms with Crippen LogP contribution >= 0.6 is 11.3 Å². The number of benzene rings is 3. The fourth-order valence-corrected chi connectivity index (χ4v) is 4.42. The topological polar surface area (TPSA) is 52.8 Å². The molecule has 0 aliphatic rings. The first-order valence-electron chi connectivity index (χ1n) is 9.53. The molecular formula is C23H22N2O3S. The van der Waals surface area contributed by atoms with E-state index in [-0.39, 0.29) is 5.91 Å². The van der Waals surface area contributed by atoms with Crippen LogP contribution in [0.25, 0.3) is 21.0 Å². The molecule has 148 valence electrons. The van der Waals surface area contributed by atoms with Crippen molar-refractivity contribution >= 4 is 38.2 Å². The van der Waals surface area contributed by atoms with Gasteiger partial charge in [0.25, 0.3) is 5.91 Å². The van der Waals surface area contributed by atoms with Crippen molar-refractivity contribution in [2.45, 2.75) is 13.5 Å². The van der Waals surface area contributed by atoms with Crippen LogP contribution < -0.4 is 9.54 Å². The van der Waals surface area contributed by atoms with Crippen LogP contribution in [-0.4, -0.2) is 30.8 Å². The van der Waals surface area contributed by atoms with E-state index in [2.05, 4.69) is 4.99 Å². The first kappa shape index (κ1) is 19.4. The molecule has 0 spiro atoms. The van der Waals surface area contributed by atoms with Crippen LogP contribution in [0, 0.1) is 0 Å². The summed E-state index contributed by atoms with van der Waals surface area (Å²) in [5.74, 6) is 0.535. The molecule has 0 unspecified atom stereocenters. The van der Waals surface area contributed by atoms with Gasteiger partial charge < -0.3 is 14.0 Å². The monoisotopic (exact) mass is 406 g/mol. The van der Waals surface area contributed by atoms with Crippen molar-refractivity contribution in [1.82, 2.24) is 4.57 Å². The van der Waals surface area contributed by atoms with E-state index in [0.29, 0.717) is 30.1 Å². The summed E-state index contributed by atoms with van der Waals surface area (Å²) >= 11 is 1.48. The van der Waals surface area contributed by atoms with E-state index in [1.807, 2.05) is 72.2 Å². The number of hydrogen-bond donors (Lipinski definition) is 0. The molecule has 0 fully saturated rings. The number of fused-ring (bicyclic) bond motifs is 2. The van der Waals surface area contributed by atoms with E-state index in [4.69, 9.17) is 9.47 Å². The lowest BCUT2D eigenvalue weighted by molar-refractivity contribution is 0.0998. The second-order valence-electron chi connectivity index (χ2n) is 6.51. The van der Waals surface area contributed by atoms with Gasteiger partial charge in [-0.3, -0.25) is 4.79 Å². The average Bonchev–Trinajstić information content (AvgIpc) is 3.09. The van der Waals surface area contributed by atoms with Crippen LogP contribution in [0.3, 0.4) is 0 Å². The maximum atomic E-state index is 13.1. The van der Waals surface area contributed by atoms with Crippen molar-refractivity contribution < 1.29 is 14.3 Å². The van der Waals surface area contributed by atoms with Gasteiger partial charge in [0.2, 0.25) is 0 Å². The van der Waals surface area contributed by atoms with E-state index < -0.39 is 0 Å². The molecule has 0 bridgehead atoms. The number of rotatable bonds is 6. The Kier molecular flexibility index (Phi) is 5.74. The van der Waals surface area contributed by atoms with Crippen molar-refractivity contribution in [1.29, 1.82) is 0 Å². The molecule has 4 aromatic rings. The lowest BCUT2D eigenvalue weighted by Crippen LogP contribution is -2.19. The molecule has 4 rings (SSSR count). The van der Waals surface area contributed by atoms with Crippen molar-refractivity contribution in [2.75, 3.05) is 20.3 Å². The predicted molar refractivity (Wildman–Crippen MR) is 117 cm³/mol. The van der Waals surface area contributed by atoms with Crippen LogP contribution in [0.5, 0.6) is 5.75 Å². The van der Waals surface area contributed by atoms with Crippen molar-refractivity contribution in [3.63, 3.8) is 0 Å². The summed E-state index contributed by atoms with van der Waals surface area (Å²) in [5, 5.41) is 1.94. The van der Waals surface area contributed by atoms with Gasteiger partial charge in [0.05, 0.1) is 23.9 Å². The van der Waals surface area contributed by atoms with Gasteiger partial charge in [0.15, 0.2) is 4.80 Å². The molecule has 1 heterocycles. The summed E-state index contributed by atoms with van der Waals surface area (Å²) in [6.45, 7) is 3.81. The van der Waals surface area contributed by atoms with Crippen LogP contribution in [0.1, 0.15) is 17.3 Å². The summed E-state index contributed by atoms with van der Waals surface area (Å²) in [6, 6.07) is 19.5. The van der Waals surface area contributed by atoms with Gasteiger partial charge in [-0.15, -0.1) is 0 Å². The Labute approximate surface area is 172 Å². The van der Waals surface area contributed by atoms with Gasteiger partial charge in [-0.1, -0.05) is 47.7 Å². The van der Waals surface area contributed by atoms with Gasteiger partial charge in [0.1, 0.15) is 5.75 Å². The SMILES string of the molecule is CCOCCn1c(=NC(=O)c2cccc3ccccc23)sc2cc(OC)ccc21. The molecule has 0 saturated carbocycles. The maximum absolute atomic E-state index is 13.1. The Balaban J connectivity index is 1.83. The van der Waals surface area contributed by atoms with Crippen molar-refractivity contribution in [3.05, 3.63) is 71.0 Å². The average molecular weight is 407 g/mol. The molecule has 0 aliphatic heterocycles. The normalized spacial score (nSPS) is 12.0. The summed E-state index contributed by atoms with van der Waals surface area (Å²) in [4.78, 5) is 18.2. The fourth-order valence-electron chi connectivity index (χ4n) is 3.34.